The summed E-state index contributed by atoms with van der Waals surface area (Å²) >= 11 is 0. The third kappa shape index (κ3) is 2.19. The van der Waals surface area contributed by atoms with Crippen molar-refractivity contribution in [3.05, 3.63) is 66.4 Å². The zero-order valence-corrected chi connectivity index (χ0v) is 10.7. The summed E-state index contributed by atoms with van der Waals surface area (Å²) in [6, 6.07) is 17.2. The average Bonchev–Trinajstić information content (AvgIpc) is 3.02. The molecule has 98 valence electrons. The van der Waals surface area contributed by atoms with Gasteiger partial charge in [-0.3, -0.25) is 9.89 Å². The molecule has 0 spiro atoms. The maximum Gasteiger partial charge on any atom is 0.249 e. The van der Waals surface area contributed by atoms with Gasteiger partial charge in [0.05, 0.1) is 5.69 Å². The number of carbonyl (C=O) groups is 1. The molecule has 0 aliphatic carbocycles. The van der Waals surface area contributed by atoms with Crippen LogP contribution >= 0.6 is 0 Å². The van der Waals surface area contributed by atoms with Gasteiger partial charge < -0.3 is 5.73 Å². The van der Waals surface area contributed by atoms with Crippen LogP contribution in [0.3, 0.4) is 0 Å². The van der Waals surface area contributed by atoms with Gasteiger partial charge in [-0.05, 0) is 28.8 Å². The van der Waals surface area contributed by atoms with Crippen LogP contribution in [0.4, 0.5) is 0 Å². The van der Waals surface area contributed by atoms with Gasteiger partial charge in [-0.15, -0.1) is 0 Å². The Morgan fingerprint density at radius 3 is 2.30 bits per heavy atom. The number of hydrogen-bond acceptors (Lipinski definition) is 2. The summed E-state index contributed by atoms with van der Waals surface area (Å²) in [6.07, 6.45) is 1.71. The maximum absolute atomic E-state index is 11.5. The van der Waals surface area contributed by atoms with E-state index >= 15 is 0 Å². The van der Waals surface area contributed by atoms with Gasteiger partial charge in [0.1, 0.15) is 0 Å². The van der Waals surface area contributed by atoms with Gasteiger partial charge in [0, 0.05) is 11.8 Å². The first-order valence-corrected chi connectivity index (χ1v) is 6.25. The van der Waals surface area contributed by atoms with Gasteiger partial charge in [0.15, 0.2) is 0 Å². The Labute approximate surface area is 116 Å². The van der Waals surface area contributed by atoms with Crippen LogP contribution in [-0.4, -0.2) is 16.1 Å². The molecule has 20 heavy (non-hydrogen) atoms. The Hall–Kier alpha value is -2.88. The highest BCUT2D eigenvalue weighted by molar-refractivity contribution is 5.99. The Morgan fingerprint density at radius 1 is 0.950 bits per heavy atom. The first kappa shape index (κ1) is 12.2. The maximum atomic E-state index is 11.5. The smallest absolute Gasteiger partial charge is 0.249 e. The number of hydrogen-bond donors (Lipinski definition) is 2. The predicted molar refractivity (Wildman–Crippen MR) is 78.0 cm³/mol. The minimum atomic E-state index is -0.418. The molecule has 0 unspecified atom stereocenters. The summed E-state index contributed by atoms with van der Waals surface area (Å²) in [4.78, 5) is 11.5. The van der Waals surface area contributed by atoms with E-state index in [1.807, 2.05) is 48.5 Å². The molecule has 1 amide bonds. The van der Waals surface area contributed by atoms with Crippen molar-refractivity contribution in [2.24, 2.45) is 5.73 Å². The predicted octanol–water partition coefficient (Wildman–Crippen LogP) is 2.84. The fourth-order valence-corrected chi connectivity index (χ4v) is 2.20. The van der Waals surface area contributed by atoms with Crippen molar-refractivity contribution in [2.45, 2.75) is 0 Å². The Balaban J connectivity index is 2.02. The van der Waals surface area contributed by atoms with Crippen LogP contribution in [0.15, 0.2) is 60.8 Å². The zero-order valence-electron chi connectivity index (χ0n) is 10.7. The van der Waals surface area contributed by atoms with Crippen LogP contribution in [0, 0.1) is 0 Å². The second kappa shape index (κ2) is 5.01. The van der Waals surface area contributed by atoms with Crippen molar-refractivity contribution >= 4 is 5.91 Å². The molecule has 0 saturated heterocycles. The quantitative estimate of drug-likeness (QED) is 0.762. The first-order valence-electron chi connectivity index (χ1n) is 6.25. The molecule has 0 radical (unpaired) electrons. The Kier molecular flexibility index (Phi) is 3.05. The normalized spacial score (nSPS) is 10.4. The van der Waals surface area contributed by atoms with Gasteiger partial charge in [0.25, 0.3) is 0 Å². The summed E-state index contributed by atoms with van der Waals surface area (Å²) in [5, 5.41) is 6.85. The van der Waals surface area contributed by atoms with E-state index in [1.165, 1.54) is 0 Å². The van der Waals surface area contributed by atoms with Gasteiger partial charge in [-0.25, -0.2) is 0 Å². The van der Waals surface area contributed by atoms with E-state index in [2.05, 4.69) is 10.2 Å². The summed E-state index contributed by atoms with van der Waals surface area (Å²) < 4.78 is 0. The summed E-state index contributed by atoms with van der Waals surface area (Å²) in [5.74, 6) is -0.418. The SMILES string of the molecule is NC(=O)c1ccccc1-c1ccc(-c2ccn[nH]2)cc1. The molecule has 3 rings (SSSR count). The number of nitrogens with one attached hydrogen (secondary N) is 1. The molecule has 4 nitrogen and oxygen atoms in total. The Bertz CT molecular complexity index is 731. The van der Waals surface area contributed by atoms with Crippen molar-refractivity contribution in [1.29, 1.82) is 0 Å². The molecule has 0 aliphatic rings. The molecule has 0 fully saturated rings. The number of nitrogens with two attached hydrogens (primary N) is 1. The topological polar surface area (TPSA) is 71.8 Å². The van der Waals surface area contributed by atoms with Crippen molar-refractivity contribution in [2.75, 3.05) is 0 Å². The molecule has 1 aromatic heterocycles. The molecule has 2 aromatic carbocycles. The minimum absolute atomic E-state index is 0.418. The highest BCUT2D eigenvalue weighted by atomic mass is 16.1. The summed E-state index contributed by atoms with van der Waals surface area (Å²) in [7, 11) is 0. The molecular formula is C16H13N3O. The third-order valence-corrected chi connectivity index (χ3v) is 3.20. The third-order valence-electron chi connectivity index (χ3n) is 3.20. The lowest BCUT2D eigenvalue weighted by Crippen LogP contribution is -2.12. The van der Waals surface area contributed by atoms with E-state index in [9.17, 15) is 4.79 Å². The van der Waals surface area contributed by atoms with E-state index in [-0.39, 0.29) is 0 Å². The molecule has 0 atom stereocenters. The number of rotatable bonds is 3. The lowest BCUT2D eigenvalue weighted by Gasteiger charge is -2.07. The highest BCUT2D eigenvalue weighted by Gasteiger charge is 2.09. The van der Waals surface area contributed by atoms with E-state index in [0.717, 1.165) is 22.4 Å². The number of aromatic amines is 1. The van der Waals surface area contributed by atoms with Crippen molar-refractivity contribution in [1.82, 2.24) is 10.2 Å². The molecular weight excluding hydrogens is 250 g/mol. The minimum Gasteiger partial charge on any atom is -0.366 e. The molecule has 1 heterocycles. The van der Waals surface area contributed by atoms with E-state index in [0.29, 0.717) is 5.56 Å². The molecule has 3 N–H and O–H groups in total. The summed E-state index contributed by atoms with van der Waals surface area (Å²) in [6.45, 7) is 0. The number of carbonyl (C=O) groups excluding carboxylic acids is 1. The number of aromatic nitrogens is 2. The van der Waals surface area contributed by atoms with Gasteiger partial charge >= 0.3 is 0 Å². The second-order valence-corrected chi connectivity index (χ2v) is 4.46. The van der Waals surface area contributed by atoms with Crippen molar-refractivity contribution in [3.8, 4) is 22.4 Å². The largest absolute Gasteiger partial charge is 0.366 e. The van der Waals surface area contributed by atoms with Gasteiger partial charge in [0.2, 0.25) is 5.91 Å². The van der Waals surface area contributed by atoms with E-state index in [1.54, 1.807) is 12.3 Å². The van der Waals surface area contributed by atoms with Gasteiger partial charge in [-0.2, -0.15) is 5.10 Å². The zero-order chi connectivity index (χ0) is 13.9. The van der Waals surface area contributed by atoms with Gasteiger partial charge in [-0.1, -0.05) is 42.5 Å². The highest BCUT2D eigenvalue weighted by Crippen LogP contribution is 2.26. The number of amides is 1. The summed E-state index contributed by atoms with van der Waals surface area (Å²) in [5.41, 5.74) is 9.74. The average molecular weight is 263 g/mol. The molecule has 0 saturated carbocycles. The second-order valence-electron chi connectivity index (χ2n) is 4.46. The van der Waals surface area contributed by atoms with Crippen LogP contribution in [0.5, 0.6) is 0 Å². The molecule has 0 aliphatic heterocycles. The van der Waals surface area contributed by atoms with E-state index in [4.69, 9.17) is 5.73 Å². The number of nitrogens with zero attached hydrogens (tertiary/aromatic N) is 1. The molecule has 3 aromatic rings. The number of primary amides is 1. The fourth-order valence-electron chi connectivity index (χ4n) is 2.20. The first-order chi connectivity index (χ1) is 9.75. The standard InChI is InChI=1S/C16H13N3O/c17-16(20)14-4-2-1-3-13(14)11-5-7-12(8-6-11)15-9-10-18-19-15/h1-10H,(H2,17,20)(H,18,19). The monoisotopic (exact) mass is 263 g/mol. The van der Waals surface area contributed by atoms with Crippen LogP contribution in [0.2, 0.25) is 0 Å². The number of H-pyrrole nitrogens is 1. The van der Waals surface area contributed by atoms with E-state index < -0.39 is 5.91 Å². The van der Waals surface area contributed by atoms with Crippen LogP contribution < -0.4 is 5.73 Å². The lowest BCUT2D eigenvalue weighted by atomic mass is 9.98. The molecule has 4 heteroatoms. The molecule has 0 bridgehead atoms. The lowest BCUT2D eigenvalue weighted by molar-refractivity contribution is 0.100. The fraction of sp³-hybridized carbons (Fsp3) is 0. The van der Waals surface area contributed by atoms with Crippen LogP contribution in [0.25, 0.3) is 22.4 Å². The van der Waals surface area contributed by atoms with Crippen molar-refractivity contribution < 1.29 is 4.79 Å². The van der Waals surface area contributed by atoms with Crippen LogP contribution in [-0.2, 0) is 0 Å². The van der Waals surface area contributed by atoms with Crippen molar-refractivity contribution in [3.63, 3.8) is 0 Å². The Morgan fingerprint density at radius 2 is 1.65 bits per heavy atom. The number of benzene rings is 2. The van der Waals surface area contributed by atoms with Crippen LogP contribution in [0.1, 0.15) is 10.4 Å².